The van der Waals surface area contributed by atoms with E-state index < -0.39 is 11.9 Å². The molecule has 2 amide bonds. The summed E-state index contributed by atoms with van der Waals surface area (Å²) >= 11 is 0. The molecule has 0 radical (unpaired) electrons. The number of nitrogens with zero attached hydrogens (tertiary/aromatic N) is 1. The standard InChI is InChI=1S/C13H22N2O3/c1-8-6-15(7-9(8)2)13(18)14-11-5-3-4-10(11)12(16)17/h8-11H,3-7H2,1-2H3,(H,14,18)(H,16,17). The van der Waals surface area contributed by atoms with Crippen LogP contribution < -0.4 is 5.32 Å². The van der Waals surface area contributed by atoms with Crippen molar-refractivity contribution in [3.05, 3.63) is 0 Å². The van der Waals surface area contributed by atoms with E-state index in [-0.39, 0.29) is 12.1 Å². The van der Waals surface area contributed by atoms with Crippen LogP contribution in [0.3, 0.4) is 0 Å². The SMILES string of the molecule is CC1CN(C(=O)NC2CCCC2C(=O)O)CC1C. The van der Waals surface area contributed by atoms with E-state index >= 15 is 0 Å². The summed E-state index contributed by atoms with van der Waals surface area (Å²) in [6.07, 6.45) is 2.34. The van der Waals surface area contributed by atoms with Crippen molar-refractivity contribution in [1.82, 2.24) is 10.2 Å². The zero-order valence-corrected chi connectivity index (χ0v) is 11.1. The van der Waals surface area contributed by atoms with Crippen LogP contribution in [-0.2, 0) is 4.79 Å². The lowest BCUT2D eigenvalue weighted by molar-refractivity contribution is -0.142. The van der Waals surface area contributed by atoms with Crippen molar-refractivity contribution in [3.8, 4) is 0 Å². The van der Waals surface area contributed by atoms with Crippen molar-refractivity contribution >= 4 is 12.0 Å². The molecule has 2 N–H and O–H groups in total. The average Bonchev–Trinajstić information content (AvgIpc) is 2.87. The van der Waals surface area contributed by atoms with Crippen molar-refractivity contribution in [1.29, 1.82) is 0 Å². The van der Waals surface area contributed by atoms with Gasteiger partial charge in [-0.15, -0.1) is 0 Å². The third-order valence-corrected chi connectivity index (χ3v) is 4.42. The van der Waals surface area contributed by atoms with Crippen LogP contribution in [0.25, 0.3) is 0 Å². The third-order valence-electron chi connectivity index (χ3n) is 4.42. The minimum Gasteiger partial charge on any atom is -0.481 e. The first-order valence-electron chi connectivity index (χ1n) is 6.77. The fraction of sp³-hybridized carbons (Fsp3) is 0.846. The first kappa shape index (κ1) is 13.2. The molecule has 1 saturated carbocycles. The van der Waals surface area contributed by atoms with Crippen molar-refractivity contribution in [2.75, 3.05) is 13.1 Å². The Bertz CT molecular complexity index is 335. The van der Waals surface area contributed by atoms with Gasteiger partial charge >= 0.3 is 12.0 Å². The van der Waals surface area contributed by atoms with Crippen molar-refractivity contribution < 1.29 is 14.7 Å². The first-order chi connectivity index (χ1) is 8.49. The van der Waals surface area contributed by atoms with E-state index in [0.717, 1.165) is 25.9 Å². The van der Waals surface area contributed by atoms with Gasteiger partial charge in [-0.25, -0.2) is 4.79 Å². The predicted octanol–water partition coefficient (Wildman–Crippen LogP) is 1.54. The van der Waals surface area contributed by atoms with Crippen LogP contribution in [0.5, 0.6) is 0 Å². The van der Waals surface area contributed by atoms with Gasteiger partial charge in [0.1, 0.15) is 0 Å². The highest BCUT2D eigenvalue weighted by molar-refractivity contribution is 5.77. The van der Waals surface area contributed by atoms with Crippen LogP contribution >= 0.6 is 0 Å². The van der Waals surface area contributed by atoms with Crippen LogP contribution in [0.2, 0.25) is 0 Å². The maximum atomic E-state index is 12.1. The number of aliphatic carboxylic acids is 1. The molecule has 2 fully saturated rings. The van der Waals surface area contributed by atoms with E-state index in [1.54, 1.807) is 0 Å². The van der Waals surface area contributed by atoms with Crippen LogP contribution in [0.4, 0.5) is 4.79 Å². The zero-order chi connectivity index (χ0) is 13.3. The van der Waals surface area contributed by atoms with Gasteiger partial charge in [-0.2, -0.15) is 0 Å². The molecule has 5 heteroatoms. The minimum absolute atomic E-state index is 0.0932. The second-order valence-electron chi connectivity index (χ2n) is 5.79. The zero-order valence-electron chi connectivity index (χ0n) is 11.1. The maximum Gasteiger partial charge on any atom is 0.317 e. The largest absolute Gasteiger partial charge is 0.481 e. The van der Waals surface area contributed by atoms with Crippen LogP contribution in [0.15, 0.2) is 0 Å². The van der Waals surface area contributed by atoms with E-state index in [1.807, 2.05) is 4.90 Å². The second kappa shape index (κ2) is 5.16. The molecule has 2 rings (SSSR count). The maximum absolute atomic E-state index is 12.1. The normalized spacial score (nSPS) is 35.8. The monoisotopic (exact) mass is 254 g/mol. The average molecular weight is 254 g/mol. The third kappa shape index (κ3) is 2.60. The summed E-state index contributed by atoms with van der Waals surface area (Å²) in [6.45, 7) is 5.84. The van der Waals surface area contributed by atoms with E-state index in [2.05, 4.69) is 19.2 Å². The number of hydrogen-bond acceptors (Lipinski definition) is 2. The lowest BCUT2D eigenvalue weighted by atomic mass is 10.0. The molecular formula is C13H22N2O3. The highest BCUT2D eigenvalue weighted by Gasteiger charge is 2.36. The fourth-order valence-corrected chi connectivity index (χ4v) is 2.97. The van der Waals surface area contributed by atoms with E-state index in [0.29, 0.717) is 18.3 Å². The number of likely N-dealkylation sites (tertiary alicyclic amines) is 1. The molecule has 18 heavy (non-hydrogen) atoms. The molecule has 1 heterocycles. The molecule has 4 atom stereocenters. The number of carbonyl (C=O) groups is 2. The van der Waals surface area contributed by atoms with Crippen LogP contribution in [0, 0.1) is 17.8 Å². The van der Waals surface area contributed by atoms with Crippen molar-refractivity contribution in [3.63, 3.8) is 0 Å². The smallest absolute Gasteiger partial charge is 0.317 e. The van der Waals surface area contributed by atoms with Crippen LogP contribution in [-0.4, -0.2) is 41.1 Å². The van der Waals surface area contributed by atoms with Crippen LogP contribution in [0.1, 0.15) is 33.1 Å². The quantitative estimate of drug-likeness (QED) is 0.785. The summed E-state index contributed by atoms with van der Waals surface area (Å²) in [5.74, 6) is -0.156. The van der Waals surface area contributed by atoms with Gasteiger partial charge in [-0.05, 0) is 24.7 Å². The van der Waals surface area contributed by atoms with Gasteiger partial charge in [0.15, 0.2) is 0 Å². The molecule has 0 spiro atoms. The summed E-state index contributed by atoms with van der Waals surface area (Å²) < 4.78 is 0. The molecule has 1 aliphatic carbocycles. The van der Waals surface area contributed by atoms with E-state index in [4.69, 9.17) is 5.11 Å². The molecule has 102 valence electrons. The number of amides is 2. The summed E-state index contributed by atoms with van der Waals surface area (Å²) in [5.41, 5.74) is 0. The highest BCUT2D eigenvalue weighted by Crippen LogP contribution is 2.27. The molecule has 0 bridgehead atoms. The molecule has 0 aromatic heterocycles. The van der Waals surface area contributed by atoms with Gasteiger partial charge in [0.2, 0.25) is 0 Å². The number of nitrogens with one attached hydrogen (secondary N) is 1. The second-order valence-corrected chi connectivity index (χ2v) is 5.79. The number of rotatable bonds is 2. The fourth-order valence-electron chi connectivity index (χ4n) is 2.97. The number of carboxylic acid groups (broad SMARTS) is 1. The molecule has 0 aromatic rings. The molecule has 2 aliphatic rings. The number of urea groups is 1. The van der Waals surface area contributed by atoms with Gasteiger partial charge in [-0.3, -0.25) is 4.79 Å². The Morgan fingerprint density at radius 2 is 1.78 bits per heavy atom. The van der Waals surface area contributed by atoms with Crippen molar-refractivity contribution in [2.24, 2.45) is 17.8 Å². The molecule has 0 aromatic carbocycles. The minimum atomic E-state index is -0.791. The lowest BCUT2D eigenvalue weighted by Gasteiger charge is -2.23. The Kier molecular flexibility index (Phi) is 3.78. The molecule has 5 nitrogen and oxygen atoms in total. The number of carbonyl (C=O) groups excluding carboxylic acids is 1. The van der Waals surface area contributed by atoms with Gasteiger partial charge in [-0.1, -0.05) is 20.3 Å². The topological polar surface area (TPSA) is 69.6 Å². The summed E-state index contributed by atoms with van der Waals surface area (Å²) in [5, 5.41) is 12.0. The van der Waals surface area contributed by atoms with Crippen molar-refractivity contribution in [2.45, 2.75) is 39.2 Å². The highest BCUT2D eigenvalue weighted by atomic mass is 16.4. The van der Waals surface area contributed by atoms with Gasteiger partial charge in [0.25, 0.3) is 0 Å². The van der Waals surface area contributed by atoms with Gasteiger partial charge < -0.3 is 15.3 Å². The molecular weight excluding hydrogens is 232 g/mol. The molecule has 4 unspecified atom stereocenters. The predicted molar refractivity (Wildman–Crippen MR) is 67.2 cm³/mol. The Hall–Kier alpha value is -1.26. The Labute approximate surface area is 108 Å². The van der Waals surface area contributed by atoms with E-state index in [1.165, 1.54) is 0 Å². The Morgan fingerprint density at radius 3 is 2.33 bits per heavy atom. The summed E-state index contributed by atoms with van der Waals surface area (Å²) in [6, 6.07) is -0.287. The number of carboxylic acids is 1. The summed E-state index contributed by atoms with van der Waals surface area (Å²) in [7, 11) is 0. The first-order valence-corrected chi connectivity index (χ1v) is 6.77. The molecule has 1 aliphatic heterocycles. The number of hydrogen-bond donors (Lipinski definition) is 2. The summed E-state index contributed by atoms with van der Waals surface area (Å²) in [4.78, 5) is 24.9. The molecule has 1 saturated heterocycles. The van der Waals surface area contributed by atoms with E-state index in [9.17, 15) is 9.59 Å². The Morgan fingerprint density at radius 1 is 1.17 bits per heavy atom. The van der Waals surface area contributed by atoms with Gasteiger partial charge in [0, 0.05) is 19.1 Å². The lowest BCUT2D eigenvalue weighted by Crippen LogP contribution is -2.46. The Balaban J connectivity index is 1.90. The van der Waals surface area contributed by atoms with Gasteiger partial charge in [0.05, 0.1) is 5.92 Å².